The number of urea groups is 1. The van der Waals surface area contributed by atoms with Crippen molar-refractivity contribution in [1.29, 1.82) is 0 Å². The van der Waals surface area contributed by atoms with Gasteiger partial charge in [-0.05, 0) is 37.3 Å². The van der Waals surface area contributed by atoms with Crippen molar-refractivity contribution in [1.82, 2.24) is 20.1 Å². The Balaban J connectivity index is 1.79. The predicted octanol–water partition coefficient (Wildman–Crippen LogP) is 2.69. The van der Waals surface area contributed by atoms with Crippen molar-refractivity contribution in [2.75, 3.05) is 5.32 Å². The first-order valence-corrected chi connectivity index (χ1v) is 9.83. The fourth-order valence-corrected chi connectivity index (χ4v) is 3.54. The molecule has 1 aliphatic heterocycles. The molecule has 8 nitrogen and oxygen atoms in total. The average molecular weight is 384 g/mol. The maximum absolute atomic E-state index is 12.6. The van der Waals surface area contributed by atoms with Crippen molar-refractivity contribution in [2.24, 2.45) is 11.7 Å². The lowest BCUT2D eigenvalue weighted by Crippen LogP contribution is -2.46. The van der Waals surface area contributed by atoms with Crippen LogP contribution in [-0.2, 0) is 17.8 Å². The van der Waals surface area contributed by atoms with Gasteiger partial charge in [-0.1, -0.05) is 32.4 Å². The van der Waals surface area contributed by atoms with Gasteiger partial charge >= 0.3 is 6.03 Å². The Hall–Kier alpha value is -2.90. The molecule has 0 spiro atoms. The van der Waals surface area contributed by atoms with Crippen LogP contribution in [0.1, 0.15) is 45.4 Å². The highest BCUT2D eigenvalue weighted by molar-refractivity contribution is 5.97. The number of nitrogens with one attached hydrogen (secondary N) is 2. The molecule has 0 fully saturated rings. The molecule has 3 amide bonds. The third-order valence-corrected chi connectivity index (χ3v) is 4.84. The molecule has 4 N–H and O–H groups in total. The van der Waals surface area contributed by atoms with Gasteiger partial charge < -0.3 is 20.9 Å². The van der Waals surface area contributed by atoms with Crippen LogP contribution < -0.4 is 16.4 Å². The summed E-state index contributed by atoms with van der Waals surface area (Å²) in [5, 5.41) is 14.1. The molecule has 0 aliphatic carbocycles. The summed E-state index contributed by atoms with van der Waals surface area (Å²) >= 11 is 0. The van der Waals surface area contributed by atoms with E-state index in [0.29, 0.717) is 12.1 Å². The van der Waals surface area contributed by atoms with Crippen molar-refractivity contribution >= 4 is 17.6 Å². The van der Waals surface area contributed by atoms with E-state index in [-0.39, 0.29) is 11.8 Å². The lowest BCUT2D eigenvalue weighted by Gasteiger charge is -2.19. The summed E-state index contributed by atoms with van der Waals surface area (Å²) in [7, 11) is 0. The Labute approximate surface area is 164 Å². The van der Waals surface area contributed by atoms with Gasteiger partial charge in [0.2, 0.25) is 5.91 Å². The highest BCUT2D eigenvalue weighted by Crippen LogP contribution is 2.25. The number of hydrogen-bond acceptors (Lipinski definition) is 4. The van der Waals surface area contributed by atoms with Crippen molar-refractivity contribution in [3.05, 3.63) is 30.1 Å². The number of benzene rings is 1. The van der Waals surface area contributed by atoms with Gasteiger partial charge in [0, 0.05) is 24.2 Å². The second-order valence-corrected chi connectivity index (χ2v) is 7.66. The van der Waals surface area contributed by atoms with Crippen molar-refractivity contribution in [3.63, 3.8) is 0 Å². The lowest BCUT2D eigenvalue weighted by molar-refractivity contribution is -0.118. The van der Waals surface area contributed by atoms with Crippen LogP contribution in [0.3, 0.4) is 0 Å². The minimum Gasteiger partial charge on any atom is -0.352 e. The quantitative estimate of drug-likeness (QED) is 0.710. The van der Waals surface area contributed by atoms with Gasteiger partial charge in [0.05, 0.1) is 0 Å². The molecular weight excluding hydrogens is 356 g/mol. The Morgan fingerprint density at radius 2 is 2.04 bits per heavy atom. The van der Waals surface area contributed by atoms with Crippen LogP contribution >= 0.6 is 0 Å². The topological polar surface area (TPSA) is 115 Å². The number of rotatable bonds is 6. The molecule has 2 aromatic rings. The Morgan fingerprint density at radius 3 is 2.79 bits per heavy atom. The van der Waals surface area contributed by atoms with Gasteiger partial charge in [0.25, 0.3) is 0 Å². The van der Waals surface area contributed by atoms with Gasteiger partial charge in [-0.25, -0.2) is 4.79 Å². The van der Waals surface area contributed by atoms with E-state index >= 15 is 0 Å². The Morgan fingerprint density at radius 1 is 1.21 bits per heavy atom. The second-order valence-electron chi connectivity index (χ2n) is 7.66. The van der Waals surface area contributed by atoms with E-state index in [4.69, 9.17) is 5.73 Å². The molecule has 1 aromatic carbocycles. The van der Waals surface area contributed by atoms with Gasteiger partial charge in [-0.2, -0.15) is 0 Å². The minimum absolute atomic E-state index is 0.236. The highest BCUT2D eigenvalue weighted by atomic mass is 16.2. The molecule has 0 saturated heterocycles. The van der Waals surface area contributed by atoms with Crippen LogP contribution in [0.25, 0.3) is 11.4 Å². The number of aryl methyl sites for hydroxylation is 1. The SMILES string of the molecule is CC(C)CC(NC(N)=O)C(=O)Nc1cccc(-c2nnc3n2CCCCC3)c1. The second kappa shape index (κ2) is 8.86. The average Bonchev–Trinajstić information content (AvgIpc) is 2.89. The number of nitrogens with zero attached hydrogens (tertiary/aromatic N) is 3. The van der Waals surface area contributed by atoms with E-state index in [2.05, 4.69) is 25.4 Å². The third-order valence-electron chi connectivity index (χ3n) is 4.84. The first-order chi connectivity index (χ1) is 13.4. The summed E-state index contributed by atoms with van der Waals surface area (Å²) in [6.45, 7) is 4.88. The molecule has 1 unspecified atom stereocenters. The number of hydrogen-bond donors (Lipinski definition) is 3. The zero-order valence-electron chi connectivity index (χ0n) is 16.4. The molecule has 1 aromatic heterocycles. The molecule has 0 saturated carbocycles. The number of aromatic nitrogens is 3. The van der Waals surface area contributed by atoms with Gasteiger partial charge in [-0.15, -0.1) is 10.2 Å². The van der Waals surface area contributed by atoms with Crippen LogP contribution in [0.5, 0.6) is 0 Å². The summed E-state index contributed by atoms with van der Waals surface area (Å²) in [5.74, 6) is 1.79. The fourth-order valence-electron chi connectivity index (χ4n) is 3.54. The van der Waals surface area contributed by atoms with Gasteiger partial charge in [-0.3, -0.25) is 4.79 Å². The number of amides is 3. The molecule has 8 heteroatoms. The van der Waals surface area contributed by atoms with E-state index in [1.54, 1.807) is 0 Å². The zero-order chi connectivity index (χ0) is 20.1. The molecule has 3 rings (SSSR count). The maximum Gasteiger partial charge on any atom is 0.312 e. The van der Waals surface area contributed by atoms with Crippen LogP contribution in [0.2, 0.25) is 0 Å². The smallest absolute Gasteiger partial charge is 0.312 e. The molecule has 0 radical (unpaired) electrons. The third kappa shape index (κ3) is 4.88. The summed E-state index contributed by atoms with van der Waals surface area (Å²) in [6, 6.07) is 6.16. The lowest BCUT2D eigenvalue weighted by atomic mass is 10.0. The van der Waals surface area contributed by atoms with E-state index < -0.39 is 12.1 Å². The summed E-state index contributed by atoms with van der Waals surface area (Å²) in [4.78, 5) is 23.9. The van der Waals surface area contributed by atoms with Crippen molar-refractivity contribution < 1.29 is 9.59 Å². The van der Waals surface area contributed by atoms with Crippen LogP contribution in [0.4, 0.5) is 10.5 Å². The van der Waals surface area contributed by atoms with Crippen molar-refractivity contribution in [3.8, 4) is 11.4 Å². The molecule has 1 atom stereocenters. The van der Waals surface area contributed by atoms with Gasteiger partial charge in [0.15, 0.2) is 5.82 Å². The molecule has 150 valence electrons. The predicted molar refractivity (Wildman–Crippen MR) is 108 cm³/mol. The summed E-state index contributed by atoms with van der Waals surface area (Å²) in [6.07, 6.45) is 4.90. The Bertz CT molecular complexity index is 845. The molecular formula is C20H28N6O2. The fraction of sp³-hybridized carbons (Fsp3) is 0.500. The maximum atomic E-state index is 12.6. The molecule has 1 aliphatic rings. The van der Waals surface area contributed by atoms with E-state index in [1.807, 2.05) is 38.1 Å². The summed E-state index contributed by atoms with van der Waals surface area (Å²) in [5.41, 5.74) is 6.77. The number of fused-ring (bicyclic) bond motifs is 1. The number of carbonyl (C=O) groups excluding carboxylic acids is 2. The van der Waals surface area contributed by atoms with E-state index in [1.165, 1.54) is 6.42 Å². The van der Waals surface area contributed by atoms with Crippen LogP contribution in [0, 0.1) is 5.92 Å². The number of anilines is 1. The zero-order valence-corrected chi connectivity index (χ0v) is 16.4. The number of primary amides is 1. The Kier molecular flexibility index (Phi) is 6.28. The van der Waals surface area contributed by atoms with Crippen molar-refractivity contribution in [2.45, 2.75) is 58.5 Å². The molecule has 0 bridgehead atoms. The number of nitrogens with two attached hydrogens (primary N) is 1. The standard InChI is InChI=1S/C20H28N6O2/c1-13(2)11-16(23-20(21)28)19(27)22-15-8-6-7-14(12-15)18-25-24-17-9-4-3-5-10-26(17)18/h6-8,12-13,16H,3-5,9-11H2,1-2H3,(H,22,27)(H3,21,23,28). The monoisotopic (exact) mass is 384 g/mol. The molecule has 28 heavy (non-hydrogen) atoms. The highest BCUT2D eigenvalue weighted by Gasteiger charge is 2.22. The molecule has 2 heterocycles. The first-order valence-electron chi connectivity index (χ1n) is 9.83. The van der Waals surface area contributed by atoms with E-state index in [0.717, 1.165) is 43.0 Å². The normalized spacial score (nSPS) is 14.8. The van der Waals surface area contributed by atoms with Crippen LogP contribution in [-0.4, -0.2) is 32.7 Å². The summed E-state index contributed by atoms with van der Waals surface area (Å²) < 4.78 is 2.17. The van der Waals surface area contributed by atoms with Gasteiger partial charge in [0.1, 0.15) is 11.9 Å². The van der Waals surface area contributed by atoms with E-state index in [9.17, 15) is 9.59 Å². The number of carbonyl (C=O) groups is 2. The van der Waals surface area contributed by atoms with Crippen LogP contribution in [0.15, 0.2) is 24.3 Å². The first kappa shape index (κ1) is 19.9. The minimum atomic E-state index is -0.708. The largest absolute Gasteiger partial charge is 0.352 e.